The second-order valence-corrected chi connectivity index (χ2v) is 7.02. The van der Waals surface area contributed by atoms with Crippen LogP contribution in [0.3, 0.4) is 0 Å². The van der Waals surface area contributed by atoms with Gasteiger partial charge in [0.1, 0.15) is 11.6 Å². The number of hydrogen-bond donors (Lipinski definition) is 2. The van der Waals surface area contributed by atoms with Crippen LogP contribution >= 0.6 is 0 Å². The molecule has 1 aromatic heterocycles. The SMILES string of the molecule is CC(c1nc2ccccc2c(=O)[nH]1)N1CCN(C(=O)c2cccc(O)c2)CC1. The minimum absolute atomic E-state index is 0.0599. The summed E-state index contributed by atoms with van der Waals surface area (Å²) in [5.74, 6) is 0.640. The fraction of sp³-hybridized carbons (Fsp3) is 0.286. The molecule has 2 N–H and O–H groups in total. The number of fused-ring (bicyclic) bond motifs is 1. The summed E-state index contributed by atoms with van der Waals surface area (Å²) < 4.78 is 0. The van der Waals surface area contributed by atoms with Crippen molar-refractivity contribution in [2.45, 2.75) is 13.0 Å². The molecule has 0 saturated carbocycles. The number of aromatic hydroxyl groups is 1. The van der Waals surface area contributed by atoms with E-state index in [2.05, 4.69) is 14.9 Å². The molecule has 7 heteroatoms. The summed E-state index contributed by atoms with van der Waals surface area (Å²) in [6, 6.07) is 13.7. The van der Waals surface area contributed by atoms with Crippen LogP contribution in [0, 0.1) is 0 Å². The molecule has 1 unspecified atom stereocenters. The molecule has 0 bridgehead atoms. The van der Waals surface area contributed by atoms with Crippen LogP contribution in [0.2, 0.25) is 0 Å². The van der Waals surface area contributed by atoms with E-state index >= 15 is 0 Å². The minimum atomic E-state index is -0.134. The van der Waals surface area contributed by atoms with Gasteiger partial charge in [-0.15, -0.1) is 0 Å². The second kappa shape index (κ2) is 7.44. The molecule has 144 valence electrons. The van der Waals surface area contributed by atoms with Gasteiger partial charge in [0.25, 0.3) is 11.5 Å². The van der Waals surface area contributed by atoms with Crippen LogP contribution in [0.25, 0.3) is 10.9 Å². The molecule has 1 saturated heterocycles. The lowest BCUT2D eigenvalue weighted by atomic mass is 10.1. The molecule has 1 aliphatic heterocycles. The van der Waals surface area contributed by atoms with Crippen LogP contribution in [0.15, 0.2) is 53.3 Å². The summed E-state index contributed by atoms with van der Waals surface area (Å²) in [5, 5.41) is 10.2. The highest BCUT2D eigenvalue weighted by Gasteiger charge is 2.26. The number of rotatable bonds is 3. The van der Waals surface area contributed by atoms with Gasteiger partial charge in [-0.25, -0.2) is 4.98 Å². The number of nitrogens with zero attached hydrogens (tertiary/aromatic N) is 3. The van der Waals surface area contributed by atoms with Crippen LogP contribution in [0.1, 0.15) is 29.1 Å². The first-order valence-electron chi connectivity index (χ1n) is 9.34. The molecule has 2 heterocycles. The lowest BCUT2D eigenvalue weighted by molar-refractivity contribution is 0.0575. The van der Waals surface area contributed by atoms with Crippen molar-refractivity contribution in [3.63, 3.8) is 0 Å². The molecule has 4 rings (SSSR count). The zero-order valence-electron chi connectivity index (χ0n) is 15.6. The van der Waals surface area contributed by atoms with Crippen molar-refractivity contribution in [1.29, 1.82) is 0 Å². The monoisotopic (exact) mass is 378 g/mol. The third-order valence-electron chi connectivity index (χ3n) is 5.27. The zero-order valence-corrected chi connectivity index (χ0v) is 15.6. The average Bonchev–Trinajstić information content (AvgIpc) is 2.73. The van der Waals surface area contributed by atoms with Gasteiger partial charge < -0.3 is 15.0 Å². The van der Waals surface area contributed by atoms with Gasteiger partial charge in [0.15, 0.2) is 0 Å². The van der Waals surface area contributed by atoms with Crippen molar-refractivity contribution in [3.8, 4) is 5.75 Å². The Bertz CT molecular complexity index is 1070. The zero-order chi connectivity index (χ0) is 19.7. The normalized spacial score (nSPS) is 16.2. The Labute approximate surface area is 162 Å². The van der Waals surface area contributed by atoms with Crippen LogP contribution in [-0.4, -0.2) is 57.0 Å². The largest absolute Gasteiger partial charge is 0.508 e. The number of aromatic nitrogens is 2. The van der Waals surface area contributed by atoms with E-state index in [9.17, 15) is 14.7 Å². The van der Waals surface area contributed by atoms with Crippen LogP contribution in [-0.2, 0) is 0 Å². The van der Waals surface area contributed by atoms with Gasteiger partial charge in [0.05, 0.1) is 16.9 Å². The number of para-hydroxylation sites is 1. The van der Waals surface area contributed by atoms with E-state index < -0.39 is 0 Å². The Morgan fingerprint density at radius 2 is 1.86 bits per heavy atom. The summed E-state index contributed by atoms with van der Waals surface area (Å²) in [6.45, 7) is 4.54. The van der Waals surface area contributed by atoms with E-state index in [4.69, 9.17) is 0 Å². The van der Waals surface area contributed by atoms with Gasteiger partial charge in [-0.05, 0) is 37.3 Å². The Morgan fingerprint density at radius 3 is 2.61 bits per heavy atom. The van der Waals surface area contributed by atoms with Gasteiger partial charge in [0, 0.05) is 31.7 Å². The van der Waals surface area contributed by atoms with Crippen LogP contribution in [0.5, 0.6) is 5.75 Å². The summed E-state index contributed by atoms with van der Waals surface area (Å²) in [4.78, 5) is 36.5. The van der Waals surface area contributed by atoms with Crippen molar-refractivity contribution in [3.05, 3.63) is 70.3 Å². The second-order valence-electron chi connectivity index (χ2n) is 7.02. The molecule has 1 fully saturated rings. The standard InChI is InChI=1S/C21H22N4O3/c1-14(19-22-18-8-3-2-7-17(18)20(27)23-19)24-9-11-25(12-10-24)21(28)15-5-4-6-16(26)13-15/h2-8,13-14,26H,9-12H2,1H3,(H,22,23,27). The van der Waals surface area contributed by atoms with E-state index in [0.717, 1.165) is 0 Å². The van der Waals surface area contributed by atoms with E-state index in [1.165, 1.54) is 6.07 Å². The van der Waals surface area contributed by atoms with E-state index in [1.807, 2.05) is 25.1 Å². The number of amides is 1. The average molecular weight is 378 g/mol. The van der Waals surface area contributed by atoms with Gasteiger partial charge in [-0.1, -0.05) is 18.2 Å². The molecular formula is C21H22N4O3. The maximum absolute atomic E-state index is 12.6. The molecule has 0 aliphatic carbocycles. The number of piperazine rings is 1. The molecule has 28 heavy (non-hydrogen) atoms. The topological polar surface area (TPSA) is 89.5 Å². The van der Waals surface area contributed by atoms with Crippen molar-refractivity contribution >= 4 is 16.8 Å². The number of phenols is 1. The van der Waals surface area contributed by atoms with Gasteiger partial charge in [0.2, 0.25) is 0 Å². The predicted molar refractivity (Wildman–Crippen MR) is 106 cm³/mol. The van der Waals surface area contributed by atoms with Crippen molar-refractivity contribution in [2.24, 2.45) is 0 Å². The molecule has 3 aromatic rings. The summed E-state index contributed by atoms with van der Waals surface area (Å²) in [5.41, 5.74) is 1.04. The van der Waals surface area contributed by atoms with Crippen LogP contribution in [0.4, 0.5) is 0 Å². The van der Waals surface area contributed by atoms with Gasteiger partial charge >= 0.3 is 0 Å². The summed E-state index contributed by atoms with van der Waals surface area (Å²) >= 11 is 0. The Kier molecular flexibility index (Phi) is 4.83. The highest BCUT2D eigenvalue weighted by molar-refractivity contribution is 5.94. The first-order chi connectivity index (χ1) is 13.5. The minimum Gasteiger partial charge on any atom is -0.508 e. The summed E-state index contributed by atoms with van der Waals surface area (Å²) in [6.07, 6.45) is 0. The van der Waals surface area contributed by atoms with Crippen molar-refractivity contribution < 1.29 is 9.90 Å². The molecular weight excluding hydrogens is 356 g/mol. The first-order valence-corrected chi connectivity index (χ1v) is 9.34. The molecule has 0 spiro atoms. The quantitative estimate of drug-likeness (QED) is 0.729. The molecule has 1 amide bonds. The van der Waals surface area contributed by atoms with Crippen LogP contribution < -0.4 is 5.56 Å². The number of hydrogen-bond acceptors (Lipinski definition) is 5. The lowest BCUT2D eigenvalue weighted by Gasteiger charge is -2.37. The van der Waals surface area contributed by atoms with Gasteiger partial charge in [-0.2, -0.15) is 0 Å². The number of carbonyl (C=O) groups excluding carboxylic acids is 1. The molecule has 7 nitrogen and oxygen atoms in total. The van der Waals surface area contributed by atoms with E-state index in [0.29, 0.717) is 48.5 Å². The maximum atomic E-state index is 12.6. The summed E-state index contributed by atoms with van der Waals surface area (Å²) in [7, 11) is 0. The fourth-order valence-electron chi connectivity index (χ4n) is 3.61. The predicted octanol–water partition coefficient (Wildman–Crippen LogP) is 2.15. The van der Waals surface area contributed by atoms with Crippen molar-refractivity contribution in [1.82, 2.24) is 19.8 Å². The third-order valence-corrected chi connectivity index (χ3v) is 5.27. The number of benzene rings is 2. The van der Waals surface area contributed by atoms with Gasteiger partial charge in [-0.3, -0.25) is 14.5 Å². The maximum Gasteiger partial charge on any atom is 0.258 e. The van der Waals surface area contributed by atoms with Crippen molar-refractivity contribution in [2.75, 3.05) is 26.2 Å². The number of aromatic amines is 1. The number of carbonyl (C=O) groups is 1. The Hall–Kier alpha value is -3.19. The fourth-order valence-corrected chi connectivity index (χ4v) is 3.61. The lowest BCUT2D eigenvalue weighted by Crippen LogP contribution is -2.49. The third kappa shape index (κ3) is 3.48. The number of phenolic OH excluding ortho intramolecular Hbond substituents is 1. The first kappa shape index (κ1) is 18.2. The van der Waals surface area contributed by atoms with E-state index in [1.54, 1.807) is 29.2 Å². The Balaban J connectivity index is 1.46. The number of H-pyrrole nitrogens is 1. The highest BCUT2D eigenvalue weighted by Crippen LogP contribution is 2.21. The molecule has 1 aliphatic rings. The number of nitrogens with one attached hydrogen (secondary N) is 1. The Morgan fingerprint density at radius 1 is 1.11 bits per heavy atom. The smallest absolute Gasteiger partial charge is 0.258 e. The van der Waals surface area contributed by atoms with E-state index in [-0.39, 0.29) is 23.3 Å². The molecule has 2 aromatic carbocycles. The molecule has 1 atom stereocenters. The highest BCUT2D eigenvalue weighted by atomic mass is 16.3. The molecule has 0 radical (unpaired) electrons.